The molecule has 2 heterocycles. The second-order valence-electron chi connectivity index (χ2n) is 4.53. The first kappa shape index (κ1) is 13.1. The summed E-state index contributed by atoms with van der Waals surface area (Å²) in [6.07, 6.45) is 3.89. The van der Waals surface area contributed by atoms with Crippen LogP contribution in [0.5, 0.6) is 0 Å². The van der Waals surface area contributed by atoms with Crippen LogP contribution in [0.15, 0.2) is 53.1 Å². The van der Waals surface area contributed by atoms with E-state index in [-0.39, 0.29) is 0 Å². The van der Waals surface area contributed by atoms with Gasteiger partial charge in [0.05, 0.1) is 17.8 Å². The standard InChI is InChI=1S/C16H16N2OS/c1-20-11-13-8-7-12(19-13)10-18-16-6-2-5-15-14(16)4-3-9-17-15/h2-9,18H,10-11H2,1H3. The minimum Gasteiger partial charge on any atom is -0.463 e. The molecule has 0 saturated heterocycles. The number of nitrogens with zero attached hydrogens (tertiary/aromatic N) is 1. The second-order valence-corrected chi connectivity index (χ2v) is 5.40. The first-order valence-corrected chi connectivity index (χ1v) is 7.90. The summed E-state index contributed by atoms with van der Waals surface area (Å²) in [7, 11) is 0. The molecule has 1 N–H and O–H groups in total. The molecule has 3 nitrogen and oxygen atoms in total. The molecule has 2 aromatic heterocycles. The predicted octanol–water partition coefficient (Wildman–Crippen LogP) is 4.30. The van der Waals surface area contributed by atoms with Crippen molar-refractivity contribution in [3.8, 4) is 0 Å². The highest BCUT2D eigenvalue weighted by Crippen LogP contribution is 2.22. The number of thioether (sulfide) groups is 1. The van der Waals surface area contributed by atoms with Crippen LogP contribution in [-0.4, -0.2) is 11.2 Å². The summed E-state index contributed by atoms with van der Waals surface area (Å²) in [4.78, 5) is 4.36. The minimum absolute atomic E-state index is 0.683. The lowest BCUT2D eigenvalue weighted by Gasteiger charge is -2.07. The lowest BCUT2D eigenvalue weighted by molar-refractivity contribution is 0.487. The van der Waals surface area contributed by atoms with E-state index < -0.39 is 0 Å². The molecule has 0 atom stereocenters. The number of fused-ring (bicyclic) bond motifs is 1. The maximum atomic E-state index is 5.76. The van der Waals surface area contributed by atoms with Gasteiger partial charge in [0.25, 0.3) is 0 Å². The number of rotatable bonds is 5. The predicted molar refractivity (Wildman–Crippen MR) is 85.0 cm³/mol. The van der Waals surface area contributed by atoms with Crippen LogP contribution in [0.4, 0.5) is 5.69 Å². The Hall–Kier alpha value is -1.94. The molecule has 1 aromatic carbocycles. The van der Waals surface area contributed by atoms with E-state index in [1.165, 1.54) is 0 Å². The SMILES string of the molecule is CSCc1ccc(CNc2cccc3ncccc23)o1. The summed E-state index contributed by atoms with van der Waals surface area (Å²) in [5.41, 5.74) is 2.08. The van der Waals surface area contributed by atoms with Gasteiger partial charge in [0.15, 0.2) is 0 Å². The van der Waals surface area contributed by atoms with E-state index in [2.05, 4.69) is 28.7 Å². The Morgan fingerprint density at radius 1 is 1.10 bits per heavy atom. The average Bonchev–Trinajstić information content (AvgIpc) is 2.93. The van der Waals surface area contributed by atoms with E-state index in [0.29, 0.717) is 6.54 Å². The molecule has 3 aromatic rings. The van der Waals surface area contributed by atoms with Crippen molar-refractivity contribution < 1.29 is 4.42 Å². The van der Waals surface area contributed by atoms with Gasteiger partial charge in [-0.1, -0.05) is 6.07 Å². The lowest BCUT2D eigenvalue weighted by Crippen LogP contribution is -1.98. The van der Waals surface area contributed by atoms with E-state index in [1.807, 2.05) is 36.5 Å². The van der Waals surface area contributed by atoms with Gasteiger partial charge in [0.2, 0.25) is 0 Å². The molecule has 0 radical (unpaired) electrons. The van der Waals surface area contributed by atoms with Crippen LogP contribution in [0.25, 0.3) is 10.9 Å². The number of hydrogen-bond donors (Lipinski definition) is 1. The number of pyridine rings is 1. The van der Waals surface area contributed by atoms with Gasteiger partial charge in [0.1, 0.15) is 11.5 Å². The van der Waals surface area contributed by atoms with Gasteiger partial charge in [-0.3, -0.25) is 4.98 Å². The van der Waals surface area contributed by atoms with Crippen molar-refractivity contribution in [2.75, 3.05) is 11.6 Å². The Morgan fingerprint density at radius 2 is 2.00 bits per heavy atom. The number of aromatic nitrogens is 1. The average molecular weight is 284 g/mol. The van der Waals surface area contributed by atoms with E-state index in [0.717, 1.165) is 33.9 Å². The molecule has 4 heteroatoms. The van der Waals surface area contributed by atoms with E-state index in [1.54, 1.807) is 11.8 Å². The van der Waals surface area contributed by atoms with Gasteiger partial charge in [-0.15, -0.1) is 0 Å². The summed E-state index contributed by atoms with van der Waals surface area (Å²) in [5.74, 6) is 2.89. The molecule has 3 rings (SSSR count). The number of nitrogens with one attached hydrogen (secondary N) is 1. The number of benzene rings is 1. The molecule has 0 unspecified atom stereocenters. The Labute approximate surface area is 122 Å². The van der Waals surface area contributed by atoms with Gasteiger partial charge in [0, 0.05) is 17.3 Å². The summed E-state index contributed by atoms with van der Waals surface area (Å²) in [5, 5.41) is 4.55. The van der Waals surface area contributed by atoms with Crippen molar-refractivity contribution in [1.82, 2.24) is 4.98 Å². The molecule has 0 saturated carbocycles. The topological polar surface area (TPSA) is 38.1 Å². The highest BCUT2D eigenvalue weighted by atomic mass is 32.2. The Bertz CT molecular complexity index is 703. The molecule has 0 fully saturated rings. The molecular formula is C16H16N2OS. The van der Waals surface area contributed by atoms with Crippen LogP contribution in [0.2, 0.25) is 0 Å². The van der Waals surface area contributed by atoms with Crippen LogP contribution in [-0.2, 0) is 12.3 Å². The maximum absolute atomic E-state index is 5.76. The minimum atomic E-state index is 0.683. The number of hydrogen-bond acceptors (Lipinski definition) is 4. The van der Waals surface area contributed by atoms with Crippen molar-refractivity contribution in [3.05, 3.63) is 60.2 Å². The summed E-state index contributed by atoms with van der Waals surface area (Å²) >= 11 is 1.76. The monoisotopic (exact) mass is 284 g/mol. The van der Waals surface area contributed by atoms with Crippen molar-refractivity contribution in [1.29, 1.82) is 0 Å². The fraction of sp³-hybridized carbons (Fsp3) is 0.188. The van der Waals surface area contributed by atoms with Gasteiger partial charge in [-0.2, -0.15) is 11.8 Å². The van der Waals surface area contributed by atoms with E-state index in [9.17, 15) is 0 Å². The Morgan fingerprint density at radius 3 is 2.90 bits per heavy atom. The molecule has 0 aliphatic heterocycles. The molecule has 102 valence electrons. The second kappa shape index (κ2) is 6.01. The van der Waals surface area contributed by atoms with Gasteiger partial charge in [-0.25, -0.2) is 0 Å². The Kier molecular flexibility index (Phi) is 3.92. The summed E-state index contributed by atoms with van der Waals surface area (Å²) < 4.78 is 5.76. The molecular weight excluding hydrogens is 268 g/mol. The van der Waals surface area contributed by atoms with Gasteiger partial charge >= 0.3 is 0 Å². The van der Waals surface area contributed by atoms with Crippen LogP contribution in [0.1, 0.15) is 11.5 Å². The van der Waals surface area contributed by atoms with Gasteiger partial charge < -0.3 is 9.73 Å². The molecule has 0 aliphatic rings. The zero-order valence-electron chi connectivity index (χ0n) is 11.3. The number of anilines is 1. The zero-order chi connectivity index (χ0) is 13.8. The zero-order valence-corrected chi connectivity index (χ0v) is 12.1. The fourth-order valence-electron chi connectivity index (χ4n) is 2.18. The maximum Gasteiger partial charge on any atom is 0.123 e. The highest BCUT2D eigenvalue weighted by Gasteiger charge is 2.04. The van der Waals surface area contributed by atoms with E-state index >= 15 is 0 Å². The Balaban J connectivity index is 1.76. The van der Waals surface area contributed by atoms with Crippen LogP contribution in [0.3, 0.4) is 0 Å². The highest BCUT2D eigenvalue weighted by molar-refractivity contribution is 7.97. The first-order chi connectivity index (χ1) is 9.86. The summed E-state index contributed by atoms with van der Waals surface area (Å²) in [6.45, 7) is 0.683. The van der Waals surface area contributed by atoms with Crippen LogP contribution >= 0.6 is 11.8 Å². The van der Waals surface area contributed by atoms with Crippen molar-refractivity contribution in [2.24, 2.45) is 0 Å². The van der Waals surface area contributed by atoms with Crippen molar-refractivity contribution in [2.45, 2.75) is 12.3 Å². The third-order valence-corrected chi connectivity index (χ3v) is 3.68. The van der Waals surface area contributed by atoms with E-state index in [4.69, 9.17) is 4.42 Å². The van der Waals surface area contributed by atoms with Crippen molar-refractivity contribution >= 4 is 28.4 Å². The van der Waals surface area contributed by atoms with Crippen LogP contribution < -0.4 is 5.32 Å². The van der Waals surface area contributed by atoms with Gasteiger partial charge in [-0.05, 0) is 42.7 Å². The first-order valence-electron chi connectivity index (χ1n) is 6.51. The third kappa shape index (κ3) is 2.80. The fourth-order valence-corrected chi connectivity index (χ4v) is 2.62. The molecule has 0 spiro atoms. The number of furan rings is 1. The lowest BCUT2D eigenvalue weighted by atomic mass is 10.2. The third-order valence-electron chi connectivity index (χ3n) is 3.10. The molecule has 0 amide bonds. The molecule has 0 bridgehead atoms. The smallest absolute Gasteiger partial charge is 0.123 e. The quantitative estimate of drug-likeness (QED) is 0.758. The largest absolute Gasteiger partial charge is 0.463 e. The molecule has 0 aliphatic carbocycles. The summed E-state index contributed by atoms with van der Waals surface area (Å²) in [6, 6.07) is 14.2. The molecule has 20 heavy (non-hydrogen) atoms. The normalized spacial score (nSPS) is 10.8. The van der Waals surface area contributed by atoms with Crippen molar-refractivity contribution in [3.63, 3.8) is 0 Å². The van der Waals surface area contributed by atoms with Crippen LogP contribution in [0, 0.1) is 0 Å².